The lowest BCUT2D eigenvalue weighted by molar-refractivity contribution is 0.233. The van der Waals surface area contributed by atoms with E-state index in [2.05, 4.69) is 5.32 Å². The summed E-state index contributed by atoms with van der Waals surface area (Å²) in [6.45, 7) is 7.75. The predicted octanol–water partition coefficient (Wildman–Crippen LogP) is 2.24. The van der Waals surface area contributed by atoms with Crippen molar-refractivity contribution < 1.29 is 9.84 Å². The van der Waals surface area contributed by atoms with Crippen molar-refractivity contribution >= 4 is 11.4 Å². The Morgan fingerprint density at radius 3 is 2.59 bits per heavy atom. The first-order valence-corrected chi connectivity index (χ1v) is 5.80. The van der Waals surface area contributed by atoms with Gasteiger partial charge in [0.05, 0.1) is 29.6 Å². The lowest BCUT2D eigenvalue weighted by atomic mass is 10.1. The zero-order valence-corrected chi connectivity index (χ0v) is 10.9. The largest absolute Gasteiger partial charge is 0.489 e. The maximum atomic E-state index is 9.23. The van der Waals surface area contributed by atoms with Crippen LogP contribution in [0.25, 0.3) is 0 Å². The molecular weight excluding hydrogens is 216 g/mol. The number of nitrogen functional groups attached to an aromatic ring is 1. The van der Waals surface area contributed by atoms with Gasteiger partial charge in [0.1, 0.15) is 5.75 Å². The van der Waals surface area contributed by atoms with Crippen LogP contribution in [0, 0.1) is 0 Å². The van der Waals surface area contributed by atoms with Crippen molar-refractivity contribution in [2.45, 2.75) is 39.3 Å². The molecular formula is C13H22N2O2. The minimum Gasteiger partial charge on any atom is -0.489 e. The number of anilines is 2. The molecule has 0 aliphatic rings. The van der Waals surface area contributed by atoms with Crippen LogP contribution in [-0.4, -0.2) is 23.4 Å². The van der Waals surface area contributed by atoms with Crippen molar-refractivity contribution in [2.75, 3.05) is 17.7 Å². The molecule has 0 saturated carbocycles. The summed E-state index contributed by atoms with van der Waals surface area (Å²) in [7, 11) is 0. The quantitative estimate of drug-likeness (QED) is 0.688. The van der Waals surface area contributed by atoms with Crippen LogP contribution in [0.2, 0.25) is 0 Å². The van der Waals surface area contributed by atoms with Gasteiger partial charge in [-0.25, -0.2) is 0 Å². The molecule has 0 unspecified atom stereocenters. The molecule has 0 fully saturated rings. The fraction of sp³-hybridized carbons (Fsp3) is 0.538. The molecule has 1 aromatic rings. The highest BCUT2D eigenvalue weighted by Crippen LogP contribution is 2.31. The molecule has 0 amide bonds. The average molecular weight is 238 g/mol. The van der Waals surface area contributed by atoms with E-state index in [-0.39, 0.29) is 12.7 Å². The maximum Gasteiger partial charge on any atom is 0.144 e. The van der Waals surface area contributed by atoms with Gasteiger partial charge in [-0.1, -0.05) is 6.07 Å². The molecule has 1 aromatic carbocycles. The number of nitrogens with two attached hydrogens (primary N) is 1. The Hall–Kier alpha value is -1.42. The van der Waals surface area contributed by atoms with Crippen LogP contribution in [-0.2, 0) is 0 Å². The van der Waals surface area contributed by atoms with Crippen LogP contribution >= 0.6 is 0 Å². The van der Waals surface area contributed by atoms with Gasteiger partial charge in [-0.05, 0) is 39.8 Å². The second-order valence-corrected chi connectivity index (χ2v) is 5.05. The van der Waals surface area contributed by atoms with Crippen LogP contribution < -0.4 is 15.8 Å². The topological polar surface area (TPSA) is 67.5 Å². The first-order chi connectivity index (χ1) is 7.85. The molecule has 0 aliphatic carbocycles. The monoisotopic (exact) mass is 238 g/mol. The maximum absolute atomic E-state index is 9.23. The molecule has 4 N–H and O–H groups in total. The molecule has 1 rings (SSSR count). The number of ether oxygens (including phenoxy) is 1. The Bertz CT molecular complexity index is 376. The number of aliphatic hydroxyl groups is 1. The zero-order chi connectivity index (χ0) is 13.1. The molecule has 96 valence electrons. The Labute approximate surface area is 103 Å². The van der Waals surface area contributed by atoms with E-state index in [0.717, 1.165) is 5.69 Å². The van der Waals surface area contributed by atoms with E-state index in [1.807, 2.05) is 45.9 Å². The summed E-state index contributed by atoms with van der Waals surface area (Å²) in [6.07, 6.45) is 0.0819. The smallest absolute Gasteiger partial charge is 0.144 e. The minimum atomic E-state index is -0.412. The molecule has 0 saturated heterocycles. The van der Waals surface area contributed by atoms with E-state index in [9.17, 15) is 5.11 Å². The lowest BCUT2D eigenvalue weighted by Gasteiger charge is -2.26. The summed E-state index contributed by atoms with van der Waals surface area (Å²) in [4.78, 5) is 0. The molecule has 17 heavy (non-hydrogen) atoms. The van der Waals surface area contributed by atoms with E-state index in [4.69, 9.17) is 10.5 Å². The van der Waals surface area contributed by atoms with Gasteiger partial charge >= 0.3 is 0 Å². The molecule has 0 heterocycles. The van der Waals surface area contributed by atoms with Gasteiger partial charge in [-0.15, -0.1) is 0 Å². The number of nitrogens with one attached hydrogen (secondary N) is 1. The summed E-state index contributed by atoms with van der Waals surface area (Å²) in [6, 6.07) is 5.59. The van der Waals surface area contributed by atoms with Crippen LogP contribution in [0.4, 0.5) is 11.4 Å². The van der Waals surface area contributed by atoms with Crippen LogP contribution in [0.15, 0.2) is 18.2 Å². The van der Waals surface area contributed by atoms with Gasteiger partial charge in [0.25, 0.3) is 0 Å². The highest BCUT2D eigenvalue weighted by molar-refractivity contribution is 5.73. The Kier molecular flexibility index (Phi) is 4.23. The first kappa shape index (κ1) is 13.6. The lowest BCUT2D eigenvalue weighted by Crippen LogP contribution is -2.35. The number of aliphatic hydroxyl groups excluding tert-OH is 1. The highest BCUT2D eigenvalue weighted by Gasteiger charge is 2.18. The van der Waals surface area contributed by atoms with Crippen molar-refractivity contribution in [1.29, 1.82) is 0 Å². The standard InChI is InChI=1S/C13H22N2O2/c1-9(2)17-11-7-5-6-10(12(11)14)15-13(3,4)8-16/h5-7,9,15-16H,8,14H2,1-4H3. The second-order valence-electron chi connectivity index (χ2n) is 5.05. The molecule has 0 atom stereocenters. The average Bonchev–Trinajstić information content (AvgIpc) is 2.23. The van der Waals surface area contributed by atoms with Crippen LogP contribution in [0.1, 0.15) is 27.7 Å². The normalized spacial score (nSPS) is 11.6. The molecule has 0 radical (unpaired) electrons. The van der Waals surface area contributed by atoms with E-state index in [1.165, 1.54) is 0 Å². The van der Waals surface area contributed by atoms with Crippen molar-refractivity contribution in [1.82, 2.24) is 0 Å². The third kappa shape index (κ3) is 3.82. The fourth-order valence-electron chi connectivity index (χ4n) is 1.41. The van der Waals surface area contributed by atoms with Crippen molar-refractivity contribution in [3.8, 4) is 5.75 Å². The summed E-state index contributed by atoms with van der Waals surface area (Å²) in [5.41, 5.74) is 6.96. The number of hydrogen-bond donors (Lipinski definition) is 3. The number of benzene rings is 1. The number of para-hydroxylation sites is 1. The predicted molar refractivity (Wildman–Crippen MR) is 71.4 cm³/mol. The van der Waals surface area contributed by atoms with Gasteiger partial charge < -0.3 is 20.9 Å². The SMILES string of the molecule is CC(C)Oc1cccc(NC(C)(C)CO)c1N. The Morgan fingerprint density at radius 1 is 1.41 bits per heavy atom. The van der Waals surface area contributed by atoms with Gasteiger partial charge in [0.2, 0.25) is 0 Å². The molecule has 4 heteroatoms. The van der Waals surface area contributed by atoms with Crippen molar-refractivity contribution in [2.24, 2.45) is 0 Å². The zero-order valence-electron chi connectivity index (χ0n) is 10.9. The summed E-state index contributed by atoms with van der Waals surface area (Å²) >= 11 is 0. The first-order valence-electron chi connectivity index (χ1n) is 5.80. The van der Waals surface area contributed by atoms with Gasteiger partial charge in [0.15, 0.2) is 0 Å². The second kappa shape index (κ2) is 5.27. The van der Waals surface area contributed by atoms with Crippen molar-refractivity contribution in [3.63, 3.8) is 0 Å². The van der Waals surface area contributed by atoms with E-state index in [1.54, 1.807) is 0 Å². The van der Waals surface area contributed by atoms with Gasteiger partial charge in [-0.2, -0.15) is 0 Å². The summed E-state index contributed by atoms with van der Waals surface area (Å²) in [5.74, 6) is 0.665. The van der Waals surface area contributed by atoms with E-state index in [0.29, 0.717) is 11.4 Å². The highest BCUT2D eigenvalue weighted by atomic mass is 16.5. The van der Waals surface area contributed by atoms with E-state index >= 15 is 0 Å². The molecule has 4 nitrogen and oxygen atoms in total. The number of rotatable bonds is 5. The third-order valence-corrected chi connectivity index (χ3v) is 2.30. The van der Waals surface area contributed by atoms with E-state index < -0.39 is 5.54 Å². The molecule has 0 aromatic heterocycles. The molecule has 0 aliphatic heterocycles. The van der Waals surface area contributed by atoms with Crippen LogP contribution in [0.3, 0.4) is 0 Å². The third-order valence-electron chi connectivity index (χ3n) is 2.30. The van der Waals surface area contributed by atoms with Crippen molar-refractivity contribution in [3.05, 3.63) is 18.2 Å². The Morgan fingerprint density at radius 2 is 2.06 bits per heavy atom. The Balaban J connectivity index is 2.94. The molecule has 0 bridgehead atoms. The number of hydrogen-bond acceptors (Lipinski definition) is 4. The van der Waals surface area contributed by atoms with Crippen LogP contribution in [0.5, 0.6) is 5.75 Å². The minimum absolute atomic E-state index is 0.0295. The molecule has 0 spiro atoms. The summed E-state index contributed by atoms with van der Waals surface area (Å²) in [5, 5.41) is 12.4. The summed E-state index contributed by atoms with van der Waals surface area (Å²) < 4.78 is 5.61. The van der Waals surface area contributed by atoms with Gasteiger partial charge in [-0.3, -0.25) is 0 Å². The fourth-order valence-corrected chi connectivity index (χ4v) is 1.41. The van der Waals surface area contributed by atoms with Gasteiger partial charge in [0, 0.05) is 0 Å².